The van der Waals surface area contributed by atoms with Crippen LogP contribution in [0.15, 0.2) is 18.3 Å². The van der Waals surface area contributed by atoms with Gasteiger partial charge in [-0.25, -0.2) is 4.98 Å². The number of hydrogen-bond donors (Lipinski definition) is 2. The molecule has 0 aliphatic heterocycles. The first-order chi connectivity index (χ1) is 9.09. The van der Waals surface area contributed by atoms with E-state index in [4.69, 9.17) is 0 Å². The minimum atomic E-state index is -0.0315. The van der Waals surface area contributed by atoms with Gasteiger partial charge in [-0.1, -0.05) is 13.8 Å². The van der Waals surface area contributed by atoms with Gasteiger partial charge in [0.2, 0.25) is 0 Å². The van der Waals surface area contributed by atoms with Crippen molar-refractivity contribution in [1.82, 2.24) is 10.3 Å². The maximum Gasteiger partial charge on any atom is 0.255 e. The molecule has 4 heteroatoms. The number of amides is 1. The smallest absolute Gasteiger partial charge is 0.255 e. The van der Waals surface area contributed by atoms with Crippen LogP contribution in [0.5, 0.6) is 0 Å². The minimum Gasteiger partial charge on any atom is -0.370 e. The van der Waals surface area contributed by atoms with E-state index in [0.29, 0.717) is 22.7 Å². The number of nitrogens with zero attached hydrogens (tertiary/aromatic N) is 1. The minimum absolute atomic E-state index is 0.0315. The van der Waals surface area contributed by atoms with Gasteiger partial charge < -0.3 is 10.6 Å². The molecule has 104 valence electrons. The van der Waals surface area contributed by atoms with Gasteiger partial charge in [-0.3, -0.25) is 4.79 Å². The lowest BCUT2D eigenvalue weighted by molar-refractivity contribution is 0.0940. The van der Waals surface area contributed by atoms with E-state index in [1.165, 1.54) is 12.8 Å². The van der Waals surface area contributed by atoms with Crippen LogP contribution in [0.2, 0.25) is 0 Å². The fourth-order valence-corrected chi connectivity index (χ4v) is 2.37. The Balaban J connectivity index is 2.00. The third-order valence-corrected chi connectivity index (χ3v) is 4.11. The lowest BCUT2D eigenvalue weighted by Crippen LogP contribution is -2.33. The average molecular weight is 261 g/mol. The summed E-state index contributed by atoms with van der Waals surface area (Å²) in [6.07, 6.45) is 4.14. The quantitative estimate of drug-likeness (QED) is 0.827. The van der Waals surface area contributed by atoms with Crippen molar-refractivity contribution in [1.29, 1.82) is 0 Å². The number of carbonyl (C=O) groups excluding carboxylic acids is 1. The number of rotatable bonds is 6. The fraction of sp³-hybridized carbons (Fsp3) is 0.600. The molecule has 1 aliphatic carbocycles. The van der Waals surface area contributed by atoms with Crippen molar-refractivity contribution in [3.8, 4) is 0 Å². The number of carbonyl (C=O) groups is 1. The maximum atomic E-state index is 12.2. The molecule has 0 aromatic carbocycles. The normalized spacial score (nSPS) is 16.2. The molecule has 19 heavy (non-hydrogen) atoms. The highest BCUT2D eigenvalue weighted by molar-refractivity contribution is 5.98. The molecule has 1 amide bonds. The molecule has 1 aliphatic rings. The zero-order chi connectivity index (χ0) is 13.9. The number of aromatic nitrogens is 1. The summed E-state index contributed by atoms with van der Waals surface area (Å²) in [7, 11) is 0. The molecule has 0 spiro atoms. The molecule has 0 radical (unpaired) electrons. The number of anilines is 1. The molecule has 0 saturated heterocycles. The van der Waals surface area contributed by atoms with Gasteiger partial charge in [-0.05, 0) is 43.2 Å². The molecule has 1 fully saturated rings. The standard InChI is InChI=1S/C15H23N3O/c1-4-16-13-12(6-5-9-17-13)14(19)18-10-15(7-8-15)11(2)3/h5-6,9,11H,4,7-8,10H2,1-3H3,(H,16,17)(H,18,19). The van der Waals surface area contributed by atoms with Crippen molar-refractivity contribution in [3.05, 3.63) is 23.9 Å². The Morgan fingerprint density at radius 3 is 2.79 bits per heavy atom. The van der Waals surface area contributed by atoms with Crippen LogP contribution in [-0.2, 0) is 0 Å². The Kier molecular flexibility index (Phi) is 4.08. The van der Waals surface area contributed by atoms with Crippen LogP contribution in [0.4, 0.5) is 5.82 Å². The average Bonchev–Trinajstić information content (AvgIpc) is 3.18. The van der Waals surface area contributed by atoms with Crippen LogP contribution in [0.3, 0.4) is 0 Å². The molecule has 2 N–H and O–H groups in total. The lowest BCUT2D eigenvalue weighted by atomic mass is 9.92. The Hall–Kier alpha value is -1.58. The van der Waals surface area contributed by atoms with Gasteiger partial charge >= 0.3 is 0 Å². The van der Waals surface area contributed by atoms with Crippen LogP contribution in [0.1, 0.15) is 44.0 Å². The molecule has 4 nitrogen and oxygen atoms in total. The number of nitrogens with one attached hydrogen (secondary N) is 2. The third-order valence-electron chi connectivity index (χ3n) is 4.11. The van der Waals surface area contributed by atoms with Crippen molar-refractivity contribution in [2.45, 2.75) is 33.6 Å². The summed E-state index contributed by atoms with van der Waals surface area (Å²) in [5.41, 5.74) is 0.958. The first-order valence-electron chi connectivity index (χ1n) is 7.06. The van der Waals surface area contributed by atoms with Crippen molar-refractivity contribution >= 4 is 11.7 Å². The van der Waals surface area contributed by atoms with Gasteiger partial charge in [-0.15, -0.1) is 0 Å². The predicted molar refractivity (Wildman–Crippen MR) is 77.2 cm³/mol. The summed E-state index contributed by atoms with van der Waals surface area (Å²) < 4.78 is 0. The summed E-state index contributed by atoms with van der Waals surface area (Å²) >= 11 is 0. The van der Waals surface area contributed by atoms with Crippen LogP contribution >= 0.6 is 0 Å². The second-order valence-corrected chi connectivity index (χ2v) is 5.63. The lowest BCUT2D eigenvalue weighted by Gasteiger charge is -2.20. The van der Waals surface area contributed by atoms with E-state index < -0.39 is 0 Å². The van der Waals surface area contributed by atoms with E-state index in [9.17, 15) is 4.79 Å². The summed E-state index contributed by atoms with van der Waals surface area (Å²) in [5.74, 6) is 1.25. The zero-order valence-corrected chi connectivity index (χ0v) is 12.0. The van der Waals surface area contributed by atoms with E-state index in [2.05, 4.69) is 29.5 Å². The second-order valence-electron chi connectivity index (χ2n) is 5.63. The third kappa shape index (κ3) is 3.06. The molecule has 1 saturated carbocycles. The molecular formula is C15H23N3O. The summed E-state index contributed by atoms with van der Waals surface area (Å²) in [5, 5.41) is 6.18. The second kappa shape index (κ2) is 5.59. The first kappa shape index (κ1) is 13.8. The van der Waals surface area contributed by atoms with Crippen molar-refractivity contribution in [2.75, 3.05) is 18.4 Å². The van der Waals surface area contributed by atoms with E-state index in [1.54, 1.807) is 12.3 Å². The zero-order valence-electron chi connectivity index (χ0n) is 12.0. The van der Waals surface area contributed by atoms with E-state index in [1.807, 2.05) is 13.0 Å². The molecule has 0 atom stereocenters. The Bertz CT molecular complexity index is 452. The fourth-order valence-electron chi connectivity index (χ4n) is 2.37. The Labute approximate surface area is 115 Å². The summed E-state index contributed by atoms with van der Waals surface area (Å²) in [6.45, 7) is 7.98. The van der Waals surface area contributed by atoms with Crippen LogP contribution in [0.25, 0.3) is 0 Å². The highest BCUT2D eigenvalue weighted by atomic mass is 16.1. The van der Waals surface area contributed by atoms with Crippen molar-refractivity contribution < 1.29 is 4.79 Å². The van der Waals surface area contributed by atoms with E-state index in [0.717, 1.165) is 13.1 Å². The summed E-state index contributed by atoms with van der Waals surface area (Å²) in [6, 6.07) is 3.61. The molecular weight excluding hydrogens is 238 g/mol. The molecule has 2 rings (SSSR count). The topological polar surface area (TPSA) is 54.0 Å². The first-order valence-corrected chi connectivity index (χ1v) is 7.06. The Morgan fingerprint density at radius 1 is 1.47 bits per heavy atom. The van der Waals surface area contributed by atoms with Gasteiger partial charge in [0.15, 0.2) is 0 Å². The van der Waals surface area contributed by atoms with E-state index >= 15 is 0 Å². The van der Waals surface area contributed by atoms with Crippen molar-refractivity contribution in [3.63, 3.8) is 0 Å². The van der Waals surface area contributed by atoms with Gasteiger partial charge in [-0.2, -0.15) is 0 Å². The van der Waals surface area contributed by atoms with Gasteiger partial charge in [0.1, 0.15) is 5.82 Å². The number of hydrogen-bond acceptors (Lipinski definition) is 3. The molecule has 1 aromatic rings. The molecule has 0 unspecified atom stereocenters. The van der Waals surface area contributed by atoms with Crippen LogP contribution in [-0.4, -0.2) is 24.0 Å². The highest BCUT2D eigenvalue weighted by Gasteiger charge is 2.45. The van der Waals surface area contributed by atoms with E-state index in [-0.39, 0.29) is 5.91 Å². The monoisotopic (exact) mass is 261 g/mol. The van der Waals surface area contributed by atoms with Gasteiger partial charge in [0, 0.05) is 19.3 Å². The van der Waals surface area contributed by atoms with Gasteiger partial charge in [0.25, 0.3) is 5.91 Å². The largest absolute Gasteiger partial charge is 0.370 e. The van der Waals surface area contributed by atoms with Gasteiger partial charge in [0.05, 0.1) is 5.56 Å². The van der Waals surface area contributed by atoms with Crippen LogP contribution < -0.4 is 10.6 Å². The molecule has 0 bridgehead atoms. The maximum absolute atomic E-state index is 12.2. The molecule has 1 heterocycles. The SMILES string of the molecule is CCNc1ncccc1C(=O)NCC1(C(C)C)CC1. The van der Waals surface area contributed by atoms with Crippen molar-refractivity contribution in [2.24, 2.45) is 11.3 Å². The highest BCUT2D eigenvalue weighted by Crippen LogP contribution is 2.51. The predicted octanol–water partition coefficient (Wildman–Crippen LogP) is 2.68. The summed E-state index contributed by atoms with van der Waals surface area (Å²) in [4.78, 5) is 16.5. The van der Waals surface area contributed by atoms with Crippen LogP contribution in [0, 0.1) is 11.3 Å². The molecule has 1 aromatic heterocycles. The number of pyridine rings is 1. The Morgan fingerprint density at radius 2 is 2.21 bits per heavy atom.